The molecule has 10 heteroatoms. The van der Waals surface area contributed by atoms with Gasteiger partial charge in [-0.2, -0.15) is 10.2 Å². The lowest BCUT2D eigenvalue weighted by Crippen LogP contribution is -2.34. The second-order valence-corrected chi connectivity index (χ2v) is 8.90. The fraction of sp³-hybridized carbons (Fsp3) is 0.370. The van der Waals surface area contributed by atoms with E-state index in [1.54, 1.807) is 24.9 Å². The van der Waals surface area contributed by atoms with Crippen molar-refractivity contribution in [2.75, 3.05) is 20.7 Å². The van der Waals surface area contributed by atoms with E-state index in [4.69, 9.17) is 20.6 Å². The Hall–Kier alpha value is -4.23. The predicted molar refractivity (Wildman–Crippen MR) is 147 cm³/mol. The van der Waals surface area contributed by atoms with Crippen molar-refractivity contribution in [3.63, 3.8) is 0 Å². The molecule has 2 aromatic heterocycles. The third-order valence-corrected chi connectivity index (χ3v) is 6.84. The van der Waals surface area contributed by atoms with Crippen LogP contribution >= 0.6 is 0 Å². The molecule has 3 aromatic rings. The molecular weight excluding hydrogens is 470 g/mol. The smallest absolute Gasteiger partial charge is 0.349 e. The Labute approximate surface area is 214 Å². The molecule has 0 radical (unpaired) electrons. The molecule has 1 fully saturated rings. The summed E-state index contributed by atoms with van der Waals surface area (Å²) in [5, 5.41) is 10.8. The first-order valence-electron chi connectivity index (χ1n) is 12.2. The third kappa shape index (κ3) is 4.42. The maximum Gasteiger partial charge on any atom is 0.349 e. The predicted octanol–water partition coefficient (Wildman–Crippen LogP) is 3.45. The summed E-state index contributed by atoms with van der Waals surface area (Å²) in [6, 6.07) is 4.02. The average molecular weight is 502 g/mol. The van der Waals surface area contributed by atoms with Crippen LogP contribution in [-0.4, -0.2) is 48.8 Å². The number of nitriles is 1. The molecule has 1 aliphatic rings. The van der Waals surface area contributed by atoms with E-state index >= 15 is 0 Å². The van der Waals surface area contributed by atoms with Gasteiger partial charge >= 0.3 is 5.69 Å². The van der Waals surface area contributed by atoms with Crippen LogP contribution in [0.15, 0.2) is 37.7 Å². The highest BCUT2D eigenvalue weighted by molar-refractivity contribution is 6.17. The summed E-state index contributed by atoms with van der Waals surface area (Å²) in [7, 11) is 3.25. The van der Waals surface area contributed by atoms with Gasteiger partial charge < -0.3 is 20.6 Å². The highest BCUT2D eigenvalue weighted by Crippen LogP contribution is 2.39. The Morgan fingerprint density at radius 1 is 1.24 bits per heavy atom. The number of benzene rings is 1. The minimum absolute atomic E-state index is 0.0327. The van der Waals surface area contributed by atoms with E-state index in [1.165, 1.54) is 18.6 Å². The van der Waals surface area contributed by atoms with Crippen LogP contribution < -0.4 is 17.2 Å². The first-order valence-corrected chi connectivity index (χ1v) is 12.2. The SMILES string of the molecule is CCC1CC(n2c(=O)nc(/C(C=NC)=C/N)c3oc4c(C#N)c(C)c(/C(C=NC)=C/N)cc4c32)CCO1. The van der Waals surface area contributed by atoms with Gasteiger partial charge in [0.05, 0.1) is 11.7 Å². The maximum atomic E-state index is 13.7. The first kappa shape index (κ1) is 25.9. The molecule has 3 heterocycles. The summed E-state index contributed by atoms with van der Waals surface area (Å²) in [6.45, 7) is 4.43. The Kier molecular flexibility index (Phi) is 7.55. The highest BCUT2D eigenvalue weighted by Gasteiger charge is 2.30. The molecule has 0 amide bonds. The monoisotopic (exact) mass is 501 g/mol. The molecule has 192 valence electrons. The van der Waals surface area contributed by atoms with Gasteiger partial charge in [0.15, 0.2) is 11.2 Å². The van der Waals surface area contributed by atoms with Crippen LogP contribution in [0, 0.1) is 18.3 Å². The van der Waals surface area contributed by atoms with Crippen LogP contribution in [0.25, 0.3) is 33.2 Å². The van der Waals surface area contributed by atoms with Crippen molar-refractivity contribution >= 4 is 45.6 Å². The molecule has 4 rings (SSSR count). The number of ether oxygens (including phenoxy) is 1. The molecular formula is C27H31N7O3. The second-order valence-electron chi connectivity index (χ2n) is 8.90. The zero-order valence-electron chi connectivity index (χ0n) is 21.5. The van der Waals surface area contributed by atoms with Crippen LogP contribution in [-0.2, 0) is 4.74 Å². The summed E-state index contributed by atoms with van der Waals surface area (Å²) >= 11 is 0. The number of nitrogens with zero attached hydrogens (tertiary/aromatic N) is 5. The number of aliphatic imine (C=N–C) groups is 2. The molecule has 0 spiro atoms. The van der Waals surface area contributed by atoms with Crippen molar-refractivity contribution in [1.29, 1.82) is 5.26 Å². The number of nitrogens with two attached hydrogens (primary N) is 2. The van der Waals surface area contributed by atoms with E-state index in [1.807, 2.05) is 13.0 Å². The number of rotatable bonds is 6. The van der Waals surface area contributed by atoms with Crippen molar-refractivity contribution in [2.24, 2.45) is 21.5 Å². The van der Waals surface area contributed by atoms with Crippen LogP contribution in [0.5, 0.6) is 0 Å². The molecule has 0 bridgehead atoms. The molecule has 37 heavy (non-hydrogen) atoms. The summed E-state index contributed by atoms with van der Waals surface area (Å²) in [4.78, 5) is 26.2. The van der Waals surface area contributed by atoms with Gasteiger partial charge in [-0.3, -0.25) is 14.6 Å². The first-order chi connectivity index (χ1) is 17.9. The van der Waals surface area contributed by atoms with Crippen LogP contribution in [0.1, 0.15) is 54.6 Å². The summed E-state index contributed by atoms with van der Waals surface area (Å²) in [5.41, 5.74) is 15.8. The molecule has 4 N–H and O–H groups in total. The van der Waals surface area contributed by atoms with Gasteiger partial charge in [-0.1, -0.05) is 6.92 Å². The number of allylic oxidation sites excluding steroid dienone is 2. The van der Waals surface area contributed by atoms with E-state index in [9.17, 15) is 10.1 Å². The van der Waals surface area contributed by atoms with Crippen LogP contribution in [0.3, 0.4) is 0 Å². The molecule has 10 nitrogen and oxygen atoms in total. The van der Waals surface area contributed by atoms with Crippen molar-refractivity contribution < 1.29 is 9.15 Å². The zero-order valence-corrected chi connectivity index (χ0v) is 21.5. The van der Waals surface area contributed by atoms with Crippen molar-refractivity contribution in [1.82, 2.24) is 9.55 Å². The second kappa shape index (κ2) is 10.8. The van der Waals surface area contributed by atoms with Crippen molar-refractivity contribution in [2.45, 2.75) is 45.3 Å². The summed E-state index contributed by atoms with van der Waals surface area (Å²) < 4.78 is 13.9. The lowest BCUT2D eigenvalue weighted by atomic mass is 9.94. The number of aromatic nitrogens is 2. The topological polar surface area (TPSA) is 158 Å². The van der Waals surface area contributed by atoms with Gasteiger partial charge in [-0.25, -0.2) is 4.79 Å². The maximum absolute atomic E-state index is 13.7. The largest absolute Gasteiger partial charge is 0.451 e. The molecule has 0 aliphatic carbocycles. The molecule has 1 aromatic carbocycles. The quantitative estimate of drug-likeness (QED) is 0.489. The normalized spacial score (nSPS) is 19.4. The standard InChI is InChI=1S/C27H31N7O3/c1-5-19-8-18(6-7-36-19)34-24-21-9-20(16(10-28)13-31-3)15(2)22(12-30)25(21)37-26(24)23(33-27(34)35)17(11-29)14-32-4/h9-11,13-14,18-19H,5-8,28-29H2,1-4H3/b16-10+,17-11+,31-13?,32-14?. The Bertz CT molecular complexity index is 1570. The van der Waals surface area contributed by atoms with Crippen LogP contribution in [0.2, 0.25) is 0 Å². The van der Waals surface area contributed by atoms with Gasteiger partial charge in [0.1, 0.15) is 17.3 Å². The van der Waals surface area contributed by atoms with Crippen LogP contribution in [0.4, 0.5) is 0 Å². The molecule has 1 saturated heterocycles. The minimum atomic E-state index is -0.429. The van der Waals surface area contributed by atoms with E-state index in [0.29, 0.717) is 63.8 Å². The lowest BCUT2D eigenvalue weighted by molar-refractivity contribution is -0.00711. The number of fused-ring (bicyclic) bond motifs is 3. The van der Waals surface area contributed by atoms with E-state index in [-0.39, 0.29) is 17.8 Å². The third-order valence-electron chi connectivity index (χ3n) is 6.84. The van der Waals surface area contributed by atoms with Gasteiger partial charge in [0.25, 0.3) is 0 Å². The number of hydrogen-bond donors (Lipinski definition) is 2. The number of hydrogen-bond acceptors (Lipinski definition) is 9. The van der Waals surface area contributed by atoms with Gasteiger partial charge in [0.2, 0.25) is 0 Å². The molecule has 2 atom stereocenters. The fourth-order valence-electron chi connectivity index (χ4n) is 5.02. The molecule has 2 unspecified atom stereocenters. The zero-order chi connectivity index (χ0) is 26.7. The summed E-state index contributed by atoms with van der Waals surface area (Å²) in [5.74, 6) is 0. The molecule has 0 saturated carbocycles. The Morgan fingerprint density at radius 3 is 2.57 bits per heavy atom. The minimum Gasteiger partial charge on any atom is -0.451 e. The van der Waals surface area contributed by atoms with E-state index in [0.717, 1.165) is 12.0 Å². The number of furan rings is 1. The van der Waals surface area contributed by atoms with Crippen molar-refractivity contribution in [3.05, 3.63) is 51.3 Å². The average Bonchev–Trinajstić information content (AvgIpc) is 3.28. The lowest BCUT2D eigenvalue weighted by Gasteiger charge is -2.30. The van der Waals surface area contributed by atoms with Gasteiger partial charge in [-0.15, -0.1) is 0 Å². The van der Waals surface area contributed by atoms with E-state index in [2.05, 4.69) is 28.0 Å². The summed E-state index contributed by atoms with van der Waals surface area (Å²) in [6.07, 6.45) is 8.12. The highest BCUT2D eigenvalue weighted by atomic mass is 16.5. The molecule has 1 aliphatic heterocycles. The van der Waals surface area contributed by atoms with Gasteiger partial charge in [-0.05, 0) is 43.4 Å². The van der Waals surface area contributed by atoms with E-state index < -0.39 is 5.69 Å². The Balaban J connectivity index is 2.20. The fourth-order valence-corrected chi connectivity index (χ4v) is 5.02. The van der Waals surface area contributed by atoms with Gasteiger partial charge in [0, 0.05) is 68.1 Å². The Morgan fingerprint density at radius 2 is 1.95 bits per heavy atom. The van der Waals surface area contributed by atoms with Crippen molar-refractivity contribution in [3.8, 4) is 6.07 Å².